The summed E-state index contributed by atoms with van der Waals surface area (Å²) < 4.78 is 12.7. The lowest BCUT2D eigenvalue weighted by Gasteiger charge is -2.14. The normalized spacial score (nSPS) is 14.7. The number of fused-ring (bicyclic) bond motifs is 2. The van der Waals surface area contributed by atoms with Crippen LogP contribution in [0.4, 0.5) is 0 Å². The number of aryl methyl sites for hydroxylation is 2. The number of benzene rings is 1. The van der Waals surface area contributed by atoms with Crippen LogP contribution in [0, 0.1) is 0 Å². The van der Waals surface area contributed by atoms with Crippen LogP contribution in [-0.2, 0) is 24.2 Å². The highest BCUT2D eigenvalue weighted by Crippen LogP contribution is 2.19. The quantitative estimate of drug-likeness (QED) is 0.647. The zero-order chi connectivity index (χ0) is 20.9. The van der Waals surface area contributed by atoms with Crippen molar-refractivity contribution in [3.8, 4) is 5.75 Å². The second-order valence-corrected chi connectivity index (χ2v) is 7.85. The zero-order valence-corrected chi connectivity index (χ0v) is 17.2. The minimum Gasteiger partial charge on any atom is -0.484 e. The molecule has 0 bridgehead atoms. The summed E-state index contributed by atoms with van der Waals surface area (Å²) in [7, 11) is 0. The van der Waals surface area contributed by atoms with Gasteiger partial charge in [0.2, 0.25) is 0 Å². The van der Waals surface area contributed by atoms with Gasteiger partial charge in [-0.25, -0.2) is 4.98 Å². The van der Waals surface area contributed by atoms with Gasteiger partial charge in [0.25, 0.3) is 11.5 Å². The highest BCUT2D eigenvalue weighted by molar-refractivity contribution is 5.80. The summed E-state index contributed by atoms with van der Waals surface area (Å²) in [6, 6.07) is 9.03. The first-order valence-corrected chi connectivity index (χ1v) is 10.6. The summed E-state index contributed by atoms with van der Waals surface area (Å²) in [6.45, 7) is 2.56. The van der Waals surface area contributed by atoms with Gasteiger partial charge in [-0.1, -0.05) is 6.42 Å². The van der Waals surface area contributed by atoms with Crippen LogP contribution in [0.15, 0.2) is 45.8 Å². The number of hydrogen-bond acceptors (Lipinski definition) is 5. The Morgan fingerprint density at radius 3 is 3.03 bits per heavy atom. The molecule has 0 saturated heterocycles. The first-order valence-electron chi connectivity index (χ1n) is 10.6. The zero-order valence-electron chi connectivity index (χ0n) is 17.2. The van der Waals surface area contributed by atoms with E-state index in [0.717, 1.165) is 50.1 Å². The van der Waals surface area contributed by atoms with Crippen LogP contribution in [0.5, 0.6) is 5.75 Å². The van der Waals surface area contributed by atoms with Gasteiger partial charge in [0.1, 0.15) is 17.3 Å². The van der Waals surface area contributed by atoms with Crippen molar-refractivity contribution in [2.45, 2.75) is 58.0 Å². The van der Waals surface area contributed by atoms with Crippen LogP contribution in [0.2, 0.25) is 0 Å². The molecule has 1 aliphatic rings. The van der Waals surface area contributed by atoms with Crippen LogP contribution in [0.25, 0.3) is 10.9 Å². The first-order chi connectivity index (χ1) is 14.6. The SMILES string of the molecule is C[C@H](CCc1ccco1)NC(=O)COc1ccc2nc3n(c(=O)c2c1)CCCCC3. The van der Waals surface area contributed by atoms with Crippen molar-refractivity contribution in [3.63, 3.8) is 0 Å². The molecule has 7 heteroatoms. The molecule has 2 aromatic heterocycles. The molecule has 0 radical (unpaired) electrons. The molecule has 1 N–H and O–H groups in total. The summed E-state index contributed by atoms with van der Waals surface area (Å²) >= 11 is 0. The average Bonchev–Trinajstić information content (AvgIpc) is 3.15. The molecule has 158 valence electrons. The minimum atomic E-state index is -0.196. The molecule has 0 saturated carbocycles. The lowest BCUT2D eigenvalue weighted by Crippen LogP contribution is -2.36. The largest absolute Gasteiger partial charge is 0.484 e. The number of carbonyl (C=O) groups excluding carboxylic acids is 1. The van der Waals surface area contributed by atoms with E-state index in [2.05, 4.69) is 10.3 Å². The molecule has 3 heterocycles. The smallest absolute Gasteiger partial charge is 0.261 e. The van der Waals surface area contributed by atoms with Crippen molar-refractivity contribution in [2.75, 3.05) is 6.61 Å². The van der Waals surface area contributed by atoms with Crippen LogP contribution >= 0.6 is 0 Å². The Balaban J connectivity index is 1.37. The van der Waals surface area contributed by atoms with E-state index in [0.29, 0.717) is 23.2 Å². The number of nitrogens with one attached hydrogen (secondary N) is 1. The Bertz CT molecular complexity index is 1070. The van der Waals surface area contributed by atoms with Crippen molar-refractivity contribution in [2.24, 2.45) is 0 Å². The number of ether oxygens (including phenoxy) is 1. The lowest BCUT2D eigenvalue weighted by atomic mass is 10.1. The van der Waals surface area contributed by atoms with Crippen molar-refractivity contribution in [3.05, 3.63) is 58.5 Å². The number of nitrogens with zero attached hydrogens (tertiary/aromatic N) is 2. The molecule has 7 nitrogen and oxygen atoms in total. The van der Waals surface area contributed by atoms with Gasteiger partial charge in [-0.3, -0.25) is 14.2 Å². The predicted octanol–water partition coefficient (Wildman–Crippen LogP) is 3.23. The number of rotatable bonds is 7. The Morgan fingerprint density at radius 1 is 1.30 bits per heavy atom. The van der Waals surface area contributed by atoms with Gasteiger partial charge in [-0.05, 0) is 56.5 Å². The summed E-state index contributed by atoms with van der Waals surface area (Å²) in [6.07, 6.45) is 7.20. The molecule has 1 aliphatic heterocycles. The van der Waals surface area contributed by atoms with Crippen LogP contribution in [-0.4, -0.2) is 28.1 Å². The molecule has 0 aliphatic carbocycles. The fourth-order valence-electron chi connectivity index (χ4n) is 3.84. The Labute approximate surface area is 175 Å². The fraction of sp³-hybridized carbons (Fsp3) is 0.435. The summed E-state index contributed by atoms with van der Waals surface area (Å²) in [5.74, 6) is 2.07. The van der Waals surface area contributed by atoms with Crippen molar-refractivity contribution in [1.29, 1.82) is 0 Å². The molecule has 3 aromatic rings. The molecule has 1 atom stereocenters. The number of amides is 1. The van der Waals surface area contributed by atoms with E-state index in [-0.39, 0.29) is 24.1 Å². The van der Waals surface area contributed by atoms with Gasteiger partial charge in [0, 0.05) is 25.4 Å². The summed E-state index contributed by atoms with van der Waals surface area (Å²) in [5.41, 5.74) is 0.648. The minimum absolute atomic E-state index is 0.00658. The van der Waals surface area contributed by atoms with E-state index in [1.54, 1.807) is 29.0 Å². The lowest BCUT2D eigenvalue weighted by molar-refractivity contribution is -0.123. The second-order valence-electron chi connectivity index (χ2n) is 7.85. The number of hydrogen-bond donors (Lipinski definition) is 1. The molecular formula is C23H27N3O4. The van der Waals surface area contributed by atoms with Gasteiger partial charge < -0.3 is 14.5 Å². The maximum atomic E-state index is 12.9. The van der Waals surface area contributed by atoms with Crippen molar-refractivity contribution >= 4 is 16.8 Å². The van der Waals surface area contributed by atoms with Crippen molar-refractivity contribution in [1.82, 2.24) is 14.9 Å². The Kier molecular flexibility index (Phi) is 6.16. The molecule has 1 amide bonds. The maximum absolute atomic E-state index is 12.9. The standard InChI is InChI=1S/C23H27N3O4/c1-16(8-9-17-6-5-13-29-17)24-22(27)15-30-18-10-11-20-19(14-18)23(28)26-12-4-2-3-7-21(26)25-20/h5-6,10-11,13-14,16H,2-4,7-9,12,15H2,1H3,(H,24,27)/t16-/m1/s1. The summed E-state index contributed by atoms with van der Waals surface area (Å²) in [5, 5.41) is 3.46. The second kappa shape index (κ2) is 9.15. The molecule has 0 spiro atoms. The molecular weight excluding hydrogens is 382 g/mol. The van der Waals surface area contributed by atoms with E-state index < -0.39 is 0 Å². The Hall–Kier alpha value is -3.09. The summed E-state index contributed by atoms with van der Waals surface area (Å²) in [4.78, 5) is 29.8. The van der Waals surface area contributed by atoms with E-state index in [9.17, 15) is 9.59 Å². The first kappa shape index (κ1) is 20.2. The third-order valence-corrected chi connectivity index (χ3v) is 5.47. The number of furan rings is 1. The van der Waals surface area contributed by atoms with Gasteiger partial charge in [0.15, 0.2) is 6.61 Å². The molecule has 0 fully saturated rings. The highest BCUT2D eigenvalue weighted by Gasteiger charge is 2.15. The highest BCUT2D eigenvalue weighted by atomic mass is 16.5. The van der Waals surface area contributed by atoms with Gasteiger partial charge in [-0.15, -0.1) is 0 Å². The van der Waals surface area contributed by atoms with Gasteiger partial charge >= 0.3 is 0 Å². The van der Waals surface area contributed by atoms with Gasteiger partial charge in [0.05, 0.1) is 17.2 Å². The number of aromatic nitrogens is 2. The average molecular weight is 409 g/mol. The van der Waals surface area contributed by atoms with Crippen LogP contribution < -0.4 is 15.6 Å². The topological polar surface area (TPSA) is 86.4 Å². The van der Waals surface area contributed by atoms with E-state index in [1.807, 2.05) is 19.1 Å². The monoisotopic (exact) mass is 409 g/mol. The molecule has 30 heavy (non-hydrogen) atoms. The third-order valence-electron chi connectivity index (χ3n) is 5.47. The van der Waals surface area contributed by atoms with Crippen LogP contribution in [0.1, 0.15) is 44.2 Å². The van der Waals surface area contributed by atoms with E-state index in [4.69, 9.17) is 9.15 Å². The van der Waals surface area contributed by atoms with Gasteiger partial charge in [-0.2, -0.15) is 0 Å². The number of carbonyl (C=O) groups is 1. The third kappa shape index (κ3) is 4.72. The maximum Gasteiger partial charge on any atom is 0.261 e. The van der Waals surface area contributed by atoms with Crippen LogP contribution in [0.3, 0.4) is 0 Å². The molecule has 1 aromatic carbocycles. The van der Waals surface area contributed by atoms with E-state index >= 15 is 0 Å². The molecule has 4 rings (SSSR count). The molecule has 0 unspecified atom stereocenters. The van der Waals surface area contributed by atoms with Crippen molar-refractivity contribution < 1.29 is 13.9 Å². The fourth-order valence-corrected chi connectivity index (χ4v) is 3.84. The van der Waals surface area contributed by atoms with E-state index in [1.165, 1.54) is 0 Å². The Morgan fingerprint density at radius 2 is 2.20 bits per heavy atom. The predicted molar refractivity (Wildman–Crippen MR) is 114 cm³/mol.